The fourth-order valence-corrected chi connectivity index (χ4v) is 3.35. The molecule has 0 spiro atoms. The highest BCUT2D eigenvalue weighted by Gasteiger charge is 2.42. The van der Waals surface area contributed by atoms with Crippen LogP contribution in [0, 0.1) is 17.8 Å². The lowest BCUT2D eigenvalue weighted by Crippen LogP contribution is -2.55. The fraction of sp³-hybridized carbons (Fsp3) is 0.882. The molecule has 1 rings (SSSR count). The van der Waals surface area contributed by atoms with Crippen LogP contribution in [0.5, 0.6) is 0 Å². The maximum Gasteiger partial charge on any atom is 0.0846 e. The Hall–Kier alpha value is -0.520. The molecule has 2 nitrogen and oxygen atoms in total. The van der Waals surface area contributed by atoms with Crippen molar-refractivity contribution in [1.29, 1.82) is 0 Å². The zero-order chi connectivity index (χ0) is 14.1. The summed E-state index contributed by atoms with van der Waals surface area (Å²) in [4.78, 5) is 0. The Labute approximate surface area is 119 Å². The van der Waals surface area contributed by atoms with Crippen LogP contribution in [0.2, 0.25) is 0 Å². The lowest BCUT2D eigenvalue weighted by atomic mass is 9.73. The Morgan fingerprint density at radius 1 is 1.42 bits per heavy atom. The summed E-state index contributed by atoms with van der Waals surface area (Å²) in [6.07, 6.45) is 7.04. The Bertz CT molecular complexity index is 300. The molecule has 0 aromatic rings. The summed E-state index contributed by atoms with van der Waals surface area (Å²) in [6, 6.07) is 0.377. The number of nitrogens with one attached hydrogen (secondary N) is 1. The van der Waals surface area contributed by atoms with Gasteiger partial charge in [-0.15, -0.1) is 11.8 Å². The molecule has 1 fully saturated rings. The third-order valence-electron chi connectivity index (χ3n) is 4.18. The Morgan fingerprint density at radius 2 is 2.21 bits per heavy atom. The van der Waals surface area contributed by atoms with E-state index in [1.54, 1.807) is 0 Å². The Kier molecular flexibility index (Phi) is 7.49. The average molecular weight is 265 g/mol. The van der Waals surface area contributed by atoms with E-state index in [1.807, 2.05) is 6.92 Å². The molecule has 0 amide bonds. The van der Waals surface area contributed by atoms with Crippen molar-refractivity contribution in [2.45, 2.75) is 77.9 Å². The molecular formula is C17H31NO. The first kappa shape index (κ1) is 16.5. The van der Waals surface area contributed by atoms with Gasteiger partial charge < -0.3 is 10.1 Å². The molecule has 3 unspecified atom stereocenters. The van der Waals surface area contributed by atoms with E-state index in [0.717, 1.165) is 31.9 Å². The van der Waals surface area contributed by atoms with Crippen LogP contribution in [0.15, 0.2) is 0 Å². The van der Waals surface area contributed by atoms with Gasteiger partial charge in [0.1, 0.15) is 0 Å². The minimum Gasteiger partial charge on any atom is -0.374 e. The number of rotatable bonds is 7. The monoisotopic (exact) mass is 265 g/mol. The molecular weight excluding hydrogens is 234 g/mol. The second-order valence-electron chi connectivity index (χ2n) is 5.84. The van der Waals surface area contributed by atoms with Crippen LogP contribution >= 0.6 is 0 Å². The van der Waals surface area contributed by atoms with Gasteiger partial charge in [0.2, 0.25) is 0 Å². The molecule has 19 heavy (non-hydrogen) atoms. The average Bonchev–Trinajstić information content (AvgIpc) is 2.39. The van der Waals surface area contributed by atoms with Gasteiger partial charge in [-0.3, -0.25) is 0 Å². The predicted molar refractivity (Wildman–Crippen MR) is 82.1 cm³/mol. The summed E-state index contributed by atoms with van der Waals surface area (Å²) >= 11 is 0. The predicted octanol–water partition coefficient (Wildman–Crippen LogP) is 3.75. The van der Waals surface area contributed by atoms with E-state index in [9.17, 15) is 0 Å². The summed E-state index contributed by atoms with van der Waals surface area (Å²) in [5.41, 5.74) is 0.00539. The molecule has 1 saturated carbocycles. The van der Waals surface area contributed by atoms with Gasteiger partial charge in [0.05, 0.1) is 5.60 Å². The van der Waals surface area contributed by atoms with Gasteiger partial charge in [0.15, 0.2) is 0 Å². The highest BCUT2D eigenvalue weighted by atomic mass is 16.5. The van der Waals surface area contributed by atoms with E-state index in [-0.39, 0.29) is 5.60 Å². The zero-order valence-corrected chi connectivity index (χ0v) is 13.2. The van der Waals surface area contributed by atoms with E-state index in [2.05, 4.69) is 37.9 Å². The van der Waals surface area contributed by atoms with Crippen molar-refractivity contribution < 1.29 is 4.74 Å². The summed E-state index contributed by atoms with van der Waals surface area (Å²) < 4.78 is 6.27. The van der Waals surface area contributed by atoms with Crippen molar-refractivity contribution in [3.05, 3.63) is 0 Å². The molecule has 110 valence electrons. The molecule has 0 heterocycles. The first-order valence-corrected chi connectivity index (χ1v) is 7.95. The van der Waals surface area contributed by atoms with Gasteiger partial charge >= 0.3 is 0 Å². The highest BCUT2D eigenvalue weighted by molar-refractivity contribution is 5.06. The normalized spacial score (nSPS) is 28.5. The number of hydrogen-bond donors (Lipinski definition) is 1. The quantitative estimate of drug-likeness (QED) is 0.708. The van der Waals surface area contributed by atoms with Gasteiger partial charge in [-0.05, 0) is 45.6 Å². The maximum atomic E-state index is 6.27. The minimum absolute atomic E-state index is 0.00539. The van der Waals surface area contributed by atoms with E-state index < -0.39 is 0 Å². The summed E-state index contributed by atoms with van der Waals surface area (Å²) in [5.74, 6) is 7.06. The van der Waals surface area contributed by atoms with Gasteiger partial charge in [-0.25, -0.2) is 0 Å². The minimum atomic E-state index is 0.00539. The molecule has 0 aliphatic heterocycles. The second-order valence-corrected chi connectivity index (χ2v) is 5.84. The topological polar surface area (TPSA) is 21.3 Å². The highest BCUT2D eigenvalue weighted by Crippen LogP contribution is 2.38. The first-order valence-electron chi connectivity index (χ1n) is 7.95. The van der Waals surface area contributed by atoms with E-state index in [4.69, 9.17) is 4.74 Å². The molecule has 0 radical (unpaired) electrons. The number of ether oxygens (including phenoxy) is 1. The van der Waals surface area contributed by atoms with E-state index in [0.29, 0.717) is 6.04 Å². The van der Waals surface area contributed by atoms with E-state index >= 15 is 0 Å². The third-order valence-corrected chi connectivity index (χ3v) is 4.18. The van der Waals surface area contributed by atoms with Gasteiger partial charge in [0, 0.05) is 19.1 Å². The van der Waals surface area contributed by atoms with Crippen molar-refractivity contribution in [3.8, 4) is 11.8 Å². The molecule has 0 aromatic heterocycles. The Balaban J connectivity index is 2.83. The van der Waals surface area contributed by atoms with Gasteiger partial charge in [0.25, 0.3) is 0 Å². The fourth-order valence-electron chi connectivity index (χ4n) is 3.35. The van der Waals surface area contributed by atoms with Crippen LogP contribution in [0.25, 0.3) is 0 Å². The zero-order valence-electron chi connectivity index (χ0n) is 13.2. The summed E-state index contributed by atoms with van der Waals surface area (Å²) in [6.45, 7) is 10.5. The molecule has 1 N–H and O–H groups in total. The lowest BCUT2D eigenvalue weighted by molar-refractivity contribution is -0.0991. The second kappa shape index (κ2) is 8.61. The molecule has 0 bridgehead atoms. The van der Waals surface area contributed by atoms with Gasteiger partial charge in [-0.2, -0.15) is 0 Å². The smallest absolute Gasteiger partial charge is 0.0846 e. The van der Waals surface area contributed by atoms with Crippen LogP contribution < -0.4 is 5.32 Å². The lowest BCUT2D eigenvalue weighted by Gasteiger charge is -2.45. The molecule has 2 heteroatoms. The summed E-state index contributed by atoms with van der Waals surface area (Å²) in [5, 5.41) is 3.69. The van der Waals surface area contributed by atoms with Crippen LogP contribution in [-0.2, 0) is 4.74 Å². The SMILES string of the molecule is CC#CCC(NCCC)C1(OCC)CCCC(C)C1. The third kappa shape index (κ3) is 4.82. The van der Waals surface area contributed by atoms with Crippen molar-refractivity contribution >= 4 is 0 Å². The van der Waals surface area contributed by atoms with Crippen LogP contribution in [-0.4, -0.2) is 24.8 Å². The summed E-state index contributed by atoms with van der Waals surface area (Å²) in [7, 11) is 0. The maximum absolute atomic E-state index is 6.27. The first-order chi connectivity index (χ1) is 9.18. The Morgan fingerprint density at radius 3 is 2.79 bits per heavy atom. The van der Waals surface area contributed by atoms with Crippen molar-refractivity contribution in [3.63, 3.8) is 0 Å². The van der Waals surface area contributed by atoms with Crippen molar-refractivity contribution in [2.24, 2.45) is 5.92 Å². The molecule has 0 aromatic carbocycles. The number of hydrogen-bond acceptors (Lipinski definition) is 2. The van der Waals surface area contributed by atoms with Crippen molar-refractivity contribution in [1.82, 2.24) is 5.32 Å². The van der Waals surface area contributed by atoms with E-state index in [1.165, 1.54) is 25.7 Å². The van der Waals surface area contributed by atoms with Crippen LogP contribution in [0.3, 0.4) is 0 Å². The molecule has 1 aliphatic rings. The molecule has 1 aliphatic carbocycles. The largest absolute Gasteiger partial charge is 0.374 e. The standard InChI is InChI=1S/C17H31NO/c1-5-8-11-16(18-13-6-2)17(19-7-3)12-9-10-15(4)14-17/h15-16,18H,6-7,9-14H2,1-4H3. The van der Waals surface area contributed by atoms with Gasteiger partial charge in [-0.1, -0.05) is 26.7 Å². The molecule has 3 atom stereocenters. The van der Waals surface area contributed by atoms with Crippen LogP contribution in [0.4, 0.5) is 0 Å². The van der Waals surface area contributed by atoms with Crippen LogP contribution in [0.1, 0.15) is 66.2 Å². The van der Waals surface area contributed by atoms with Crippen molar-refractivity contribution in [2.75, 3.05) is 13.2 Å². The molecule has 0 saturated heterocycles.